The summed E-state index contributed by atoms with van der Waals surface area (Å²) >= 11 is 0. The number of benzene rings is 5. The normalized spacial score (nSPS) is 11.7. The van der Waals surface area contributed by atoms with Crippen molar-refractivity contribution in [3.8, 4) is 39.6 Å². The zero-order valence-electron chi connectivity index (χ0n) is 31.9. The molecule has 0 saturated heterocycles. The molecule has 0 N–H and O–H groups in total. The third-order valence-electron chi connectivity index (χ3n) is 9.76. The summed E-state index contributed by atoms with van der Waals surface area (Å²) < 4.78 is 8.65. The molecular weight excluding hydrogens is 869 g/mol. The minimum atomic E-state index is -1.23. The molecule has 5 nitrogen and oxygen atoms in total. The van der Waals surface area contributed by atoms with E-state index in [0.29, 0.717) is 5.71 Å². The quantitative estimate of drug-likeness (QED) is 0.128. The minimum Gasteiger partial charge on any atom is -0.486 e. The maximum atomic E-state index is 6.46. The van der Waals surface area contributed by atoms with E-state index in [1.165, 1.54) is 10.8 Å². The number of hydrogen-bond acceptors (Lipinski definition) is 4. The monoisotopic (exact) mass is 911 g/mol. The summed E-state index contributed by atoms with van der Waals surface area (Å²) in [5, 5.41) is 3.38. The van der Waals surface area contributed by atoms with Crippen LogP contribution in [0.2, 0.25) is 19.6 Å². The number of furan rings is 1. The molecule has 0 spiro atoms. The Bertz CT molecular complexity index is 2710. The molecule has 0 atom stereocenters. The van der Waals surface area contributed by atoms with Crippen molar-refractivity contribution in [3.05, 3.63) is 163 Å². The average molecular weight is 911 g/mol. The van der Waals surface area contributed by atoms with Gasteiger partial charge in [-0.15, -0.1) is 54.1 Å². The van der Waals surface area contributed by atoms with Gasteiger partial charge in [-0.2, -0.15) is 0 Å². The van der Waals surface area contributed by atoms with E-state index in [9.17, 15) is 0 Å². The molecule has 9 aromatic rings. The predicted octanol–water partition coefficient (Wildman–Crippen LogP) is 11.8. The van der Waals surface area contributed by atoms with E-state index < -0.39 is 8.07 Å². The van der Waals surface area contributed by atoms with Crippen LogP contribution in [0.1, 0.15) is 26.3 Å². The van der Waals surface area contributed by atoms with Crippen molar-refractivity contribution in [1.82, 2.24) is 19.5 Å². The van der Waals surface area contributed by atoms with Gasteiger partial charge in [-0.25, -0.2) is 4.98 Å². The summed E-state index contributed by atoms with van der Waals surface area (Å²) in [6, 6.07) is 54.1. The molecule has 0 fully saturated rings. The average Bonchev–Trinajstić information content (AvgIpc) is 3.77. The number of pyridine rings is 2. The molecule has 0 bridgehead atoms. The van der Waals surface area contributed by atoms with Crippen molar-refractivity contribution >= 4 is 46.4 Å². The number of hydrogen-bond donors (Lipinski definition) is 0. The second-order valence-corrected chi connectivity index (χ2v) is 20.7. The Morgan fingerprint density at radius 3 is 2.07 bits per heavy atom. The summed E-state index contributed by atoms with van der Waals surface area (Å²) in [6.07, 6.45) is 2.02. The standard InChI is InChI=1S/C34H26N3O.C14H16NSi.Ir/c1-34(2,3)23-16-18-24(19-17-23)37-30-15-8-7-14-29(30)35-32(37)27-13-9-12-25-26-20-21-28(22-10-5-4-6-11-22)36-33(26)38-31(25)27;1-16(2,3)13-9-10-14(15-11-13)12-7-5-4-6-8-12;/h4-12,14-21H,1-3H3;4-7,9-11H,1-3H3;/q2*-1;. The molecule has 0 unspecified atom stereocenters. The van der Waals surface area contributed by atoms with Crippen LogP contribution in [0.5, 0.6) is 0 Å². The second kappa shape index (κ2) is 15.3. The van der Waals surface area contributed by atoms with Crippen LogP contribution in [0.4, 0.5) is 0 Å². The third kappa shape index (κ3) is 7.74. The fourth-order valence-electron chi connectivity index (χ4n) is 6.67. The molecule has 0 saturated carbocycles. The van der Waals surface area contributed by atoms with Gasteiger partial charge in [-0.05, 0) is 58.3 Å². The van der Waals surface area contributed by atoms with Gasteiger partial charge in [0.2, 0.25) is 5.71 Å². The van der Waals surface area contributed by atoms with Crippen LogP contribution in [-0.2, 0) is 25.5 Å². The van der Waals surface area contributed by atoms with E-state index in [4.69, 9.17) is 14.4 Å². The van der Waals surface area contributed by atoms with Crippen LogP contribution >= 0.6 is 0 Å². The van der Waals surface area contributed by atoms with Gasteiger partial charge in [0, 0.05) is 42.9 Å². The molecule has 0 aliphatic heterocycles. The number of rotatable bonds is 5. The molecule has 7 heteroatoms. The predicted molar refractivity (Wildman–Crippen MR) is 226 cm³/mol. The largest absolute Gasteiger partial charge is 0.486 e. The fraction of sp³-hybridized carbons (Fsp3) is 0.146. The first-order valence-electron chi connectivity index (χ1n) is 18.4. The van der Waals surface area contributed by atoms with E-state index in [0.717, 1.165) is 67.0 Å². The summed E-state index contributed by atoms with van der Waals surface area (Å²) in [6.45, 7) is 13.7. The van der Waals surface area contributed by atoms with Crippen LogP contribution < -0.4 is 5.19 Å². The fourth-order valence-corrected chi connectivity index (χ4v) is 7.71. The Morgan fingerprint density at radius 2 is 1.38 bits per heavy atom. The van der Waals surface area contributed by atoms with Gasteiger partial charge in [0.25, 0.3) is 0 Å². The van der Waals surface area contributed by atoms with Crippen molar-refractivity contribution in [2.75, 3.05) is 0 Å². The Morgan fingerprint density at radius 1 is 0.655 bits per heavy atom. The number of fused-ring (bicyclic) bond motifs is 4. The zero-order valence-corrected chi connectivity index (χ0v) is 35.3. The summed E-state index contributed by atoms with van der Waals surface area (Å²) in [4.78, 5) is 14.5. The van der Waals surface area contributed by atoms with E-state index >= 15 is 0 Å². The molecular formula is C48H42IrN4OSi-2. The molecule has 1 radical (unpaired) electrons. The minimum absolute atomic E-state index is 0. The first kappa shape index (κ1) is 37.8. The first-order chi connectivity index (χ1) is 26.0. The Hall–Kier alpha value is -5.46. The van der Waals surface area contributed by atoms with E-state index in [-0.39, 0.29) is 25.5 Å². The SMILES string of the molecule is CC(C)(C)c1ccc(-n2c(-c3[c-]ccc4c3oc3nc(-c5ccccc5)ccc34)nc3ccccc32)cc1.C[Si](C)(C)c1ccc(-c2[c-]cccc2)nc1.[Ir]. The summed E-state index contributed by atoms with van der Waals surface area (Å²) in [5.74, 6) is 0.794. The van der Waals surface area contributed by atoms with E-state index in [2.05, 4.69) is 129 Å². The van der Waals surface area contributed by atoms with Gasteiger partial charge in [0.15, 0.2) is 0 Å². The van der Waals surface area contributed by atoms with Crippen molar-refractivity contribution < 1.29 is 24.5 Å². The molecule has 0 aliphatic carbocycles. The molecule has 4 heterocycles. The molecule has 0 aliphatic rings. The molecule has 55 heavy (non-hydrogen) atoms. The zero-order chi connectivity index (χ0) is 37.5. The number of imidazole rings is 1. The maximum Gasteiger partial charge on any atom is 0.216 e. The van der Waals surface area contributed by atoms with Crippen molar-refractivity contribution in [1.29, 1.82) is 0 Å². The van der Waals surface area contributed by atoms with Gasteiger partial charge < -0.3 is 14.0 Å². The Labute approximate surface area is 337 Å². The molecule has 5 aromatic carbocycles. The van der Waals surface area contributed by atoms with Gasteiger partial charge in [-0.1, -0.05) is 118 Å². The third-order valence-corrected chi connectivity index (χ3v) is 11.8. The number of aromatic nitrogens is 4. The number of para-hydroxylation sites is 2. The summed E-state index contributed by atoms with van der Waals surface area (Å²) in [7, 11) is -1.23. The van der Waals surface area contributed by atoms with Gasteiger partial charge in [0.05, 0.1) is 36.2 Å². The van der Waals surface area contributed by atoms with Crippen LogP contribution in [0.3, 0.4) is 0 Å². The molecule has 0 amide bonds. The Kier molecular flexibility index (Phi) is 10.6. The molecule has 275 valence electrons. The van der Waals surface area contributed by atoms with Crippen LogP contribution in [0.15, 0.2) is 150 Å². The van der Waals surface area contributed by atoms with Crippen LogP contribution in [0, 0.1) is 12.1 Å². The topological polar surface area (TPSA) is 56.7 Å². The summed E-state index contributed by atoms with van der Waals surface area (Å²) in [5.41, 5.74) is 10.6. The molecule has 4 aromatic heterocycles. The van der Waals surface area contributed by atoms with Gasteiger partial charge in [-0.3, -0.25) is 4.98 Å². The Balaban J connectivity index is 0.000000231. The van der Waals surface area contributed by atoms with E-state index in [1.54, 1.807) is 0 Å². The van der Waals surface area contributed by atoms with Crippen LogP contribution in [-0.4, -0.2) is 27.6 Å². The van der Waals surface area contributed by atoms with Gasteiger partial charge >= 0.3 is 0 Å². The second-order valence-electron chi connectivity index (χ2n) is 15.6. The maximum absolute atomic E-state index is 6.46. The van der Waals surface area contributed by atoms with Gasteiger partial charge in [0.1, 0.15) is 0 Å². The van der Waals surface area contributed by atoms with Crippen molar-refractivity contribution in [2.24, 2.45) is 0 Å². The molecule has 9 rings (SSSR count). The smallest absolute Gasteiger partial charge is 0.216 e. The van der Waals surface area contributed by atoms with Crippen molar-refractivity contribution in [3.63, 3.8) is 0 Å². The van der Waals surface area contributed by atoms with E-state index in [1.807, 2.05) is 79.0 Å². The van der Waals surface area contributed by atoms with Crippen molar-refractivity contribution in [2.45, 2.75) is 45.8 Å². The van der Waals surface area contributed by atoms with Crippen LogP contribution in [0.25, 0.3) is 72.7 Å². The number of nitrogens with zero attached hydrogens (tertiary/aromatic N) is 4. The first-order valence-corrected chi connectivity index (χ1v) is 21.9.